The number of aliphatic hydroxyl groups is 1. The maximum absolute atomic E-state index is 13.7. The van der Waals surface area contributed by atoms with Crippen molar-refractivity contribution in [2.24, 2.45) is 0 Å². The Hall–Kier alpha value is -3.04. The number of nitrogens with zero attached hydrogens (tertiary/aromatic N) is 1. The first-order valence-corrected chi connectivity index (χ1v) is 13.3. The van der Waals surface area contributed by atoms with E-state index in [1.807, 2.05) is 32.1 Å². The highest BCUT2D eigenvalue weighted by atomic mass is 16.7. The predicted molar refractivity (Wildman–Crippen MR) is 138 cm³/mol. The lowest BCUT2D eigenvalue weighted by Gasteiger charge is -2.39. The number of rotatable bonds is 8. The maximum Gasteiger partial charge on any atom is 0.339 e. The summed E-state index contributed by atoms with van der Waals surface area (Å²) in [6.45, 7) is 5.83. The Kier molecular flexibility index (Phi) is 7.17. The summed E-state index contributed by atoms with van der Waals surface area (Å²) in [4.78, 5) is 28.4. The topological polar surface area (TPSA) is 104 Å². The number of carbonyl (C=O) groups excluding carboxylic acids is 2. The van der Waals surface area contributed by atoms with Crippen LogP contribution in [0.4, 0.5) is 0 Å². The van der Waals surface area contributed by atoms with Gasteiger partial charge in [-0.1, -0.05) is 11.6 Å². The highest BCUT2D eigenvalue weighted by Crippen LogP contribution is 2.55. The van der Waals surface area contributed by atoms with Crippen molar-refractivity contribution in [1.82, 2.24) is 4.90 Å². The van der Waals surface area contributed by atoms with Crippen molar-refractivity contribution >= 4 is 11.9 Å². The van der Waals surface area contributed by atoms with Crippen LogP contribution in [-0.2, 0) is 30.2 Å². The molecule has 206 valence electrons. The van der Waals surface area contributed by atoms with Gasteiger partial charge in [0.05, 0.1) is 32.1 Å². The van der Waals surface area contributed by atoms with Gasteiger partial charge in [0, 0.05) is 6.54 Å². The molecule has 0 aromatic heterocycles. The lowest BCUT2D eigenvalue weighted by atomic mass is 9.77. The Morgan fingerprint density at radius 1 is 1.21 bits per heavy atom. The third-order valence-corrected chi connectivity index (χ3v) is 8.35. The first-order valence-electron chi connectivity index (χ1n) is 13.3. The van der Waals surface area contributed by atoms with Crippen LogP contribution in [0.25, 0.3) is 0 Å². The number of methoxy groups -OCH3 is 2. The average Bonchev–Trinajstić information content (AvgIpc) is 3.57. The predicted octanol–water partition coefficient (Wildman–Crippen LogP) is 3.39. The zero-order valence-electron chi connectivity index (χ0n) is 22.6. The monoisotopic (exact) mass is 527 g/mol. The molecule has 38 heavy (non-hydrogen) atoms. The summed E-state index contributed by atoms with van der Waals surface area (Å²) < 4.78 is 28.2. The van der Waals surface area contributed by atoms with Crippen molar-refractivity contribution in [2.75, 3.05) is 34.1 Å². The van der Waals surface area contributed by atoms with E-state index in [0.717, 1.165) is 54.8 Å². The van der Waals surface area contributed by atoms with Gasteiger partial charge in [0.2, 0.25) is 6.79 Å². The van der Waals surface area contributed by atoms with Gasteiger partial charge in [-0.25, -0.2) is 4.79 Å². The number of allylic oxidation sites excluding steroid dienone is 2. The molecular formula is C29H37NO8. The van der Waals surface area contributed by atoms with Crippen LogP contribution in [0.1, 0.15) is 63.0 Å². The summed E-state index contributed by atoms with van der Waals surface area (Å²) in [5.41, 5.74) is 0.772. The summed E-state index contributed by atoms with van der Waals surface area (Å²) >= 11 is 0. The normalized spacial score (nSPS) is 26.7. The van der Waals surface area contributed by atoms with Crippen LogP contribution in [0.5, 0.6) is 11.5 Å². The van der Waals surface area contributed by atoms with E-state index in [4.69, 9.17) is 23.7 Å². The Morgan fingerprint density at radius 2 is 1.97 bits per heavy atom. The van der Waals surface area contributed by atoms with Gasteiger partial charge in [-0.2, -0.15) is 0 Å². The van der Waals surface area contributed by atoms with Gasteiger partial charge in [-0.05, 0) is 81.8 Å². The molecule has 4 atom stereocenters. The van der Waals surface area contributed by atoms with E-state index in [9.17, 15) is 14.7 Å². The molecule has 1 aromatic carbocycles. The zero-order valence-corrected chi connectivity index (χ0v) is 22.6. The lowest BCUT2D eigenvalue weighted by Crippen LogP contribution is -2.49. The third-order valence-electron chi connectivity index (χ3n) is 8.35. The molecule has 1 aromatic rings. The van der Waals surface area contributed by atoms with Gasteiger partial charge in [-0.15, -0.1) is 0 Å². The molecule has 1 spiro atoms. The number of benzene rings is 1. The van der Waals surface area contributed by atoms with Crippen molar-refractivity contribution in [3.05, 3.63) is 46.7 Å². The Balaban J connectivity index is 1.53. The largest absolute Gasteiger partial charge is 0.497 e. The van der Waals surface area contributed by atoms with Crippen molar-refractivity contribution in [3.8, 4) is 11.5 Å². The Bertz CT molecular complexity index is 1170. The number of fused-ring (bicyclic) bond motifs is 3. The van der Waals surface area contributed by atoms with Gasteiger partial charge in [-0.3, -0.25) is 9.69 Å². The Labute approximate surface area is 223 Å². The minimum atomic E-state index is -2.04. The van der Waals surface area contributed by atoms with Crippen molar-refractivity contribution in [1.29, 1.82) is 0 Å². The van der Waals surface area contributed by atoms with E-state index in [0.29, 0.717) is 17.9 Å². The van der Waals surface area contributed by atoms with Crippen LogP contribution in [-0.4, -0.2) is 73.3 Å². The highest BCUT2D eigenvalue weighted by Gasteiger charge is 2.59. The minimum absolute atomic E-state index is 0.0298. The molecule has 1 aliphatic carbocycles. The average molecular weight is 528 g/mol. The molecule has 0 saturated carbocycles. The summed E-state index contributed by atoms with van der Waals surface area (Å²) in [7, 11) is 2.81. The summed E-state index contributed by atoms with van der Waals surface area (Å²) in [5, 5.41) is 11.5. The number of hydrogen-bond donors (Lipinski definition) is 1. The third kappa shape index (κ3) is 4.56. The van der Waals surface area contributed by atoms with Gasteiger partial charge in [0.1, 0.15) is 5.76 Å². The molecule has 1 fully saturated rings. The maximum atomic E-state index is 13.7. The molecular weight excluding hydrogens is 490 g/mol. The first kappa shape index (κ1) is 26.6. The summed E-state index contributed by atoms with van der Waals surface area (Å²) in [6, 6.07) is 4.04. The fourth-order valence-corrected chi connectivity index (χ4v) is 6.49. The molecule has 0 bridgehead atoms. The van der Waals surface area contributed by atoms with Gasteiger partial charge >= 0.3 is 11.9 Å². The Morgan fingerprint density at radius 3 is 2.68 bits per heavy atom. The number of ether oxygens (including phenoxy) is 5. The lowest BCUT2D eigenvalue weighted by molar-refractivity contribution is -0.178. The van der Waals surface area contributed by atoms with E-state index >= 15 is 0 Å². The molecule has 9 heteroatoms. The van der Waals surface area contributed by atoms with Crippen LogP contribution in [0.3, 0.4) is 0 Å². The molecule has 0 amide bonds. The zero-order chi connectivity index (χ0) is 27.1. The van der Waals surface area contributed by atoms with E-state index in [-0.39, 0.29) is 19.1 Å². The number of carbonyl (C=O) groups is 2. The SMILES string of the molecule is COC(=O)C[C@](O)(CCC=C(C)C)C(=O)OC1C(OC)=C[C@]23CCCN2CCc2cc4c(cc2[C@H]13)OCO4. The van der Waals surface area contributed by atoms with E-state index in [2.05, 4.69) is 11.0 Å². The van der Waals surface area contributed by atoms with Crippen LogP contribution < -0.4 is 9.47 Å². The molecule has 9 nitrogen and oxygen atoms in total. The highest BCUT2D eigenvalue weighted by molar-refractivity contribution is 5.86. The molecule has 1 unspecified atom stereocenters. The molecule has 3 heterocycles. The van der Waals surface area contributed by atoms with Crippen LogP contribution in [0, 0.1) is 0 Å². The minimum Gasteiger partial charge on any atom is -0.497 e. The summed E-state index contributed by atoms with van der Waals surface area (Å²) in [6.07, 6.45) is 5.92. The smallest absolute Gasteiger partial charge is 0.339 e. The molecule has 1 N–H and O–H groups in total. The fraction of sp³-hybridized carbons (Fsp3) is 0.586. The summed E-state index contributed by atoms with van der Waals surface area (Å²) in [5.74, 6) is 0.137. The first-order chi connectivity index (χ1) is 18.2. The van der Waals surface area contributed by atoms with Crippen LogP contribution in [0.2, 0.25) is 0 Å². The van der Waals surface area contributed by atoms with Crippen LogP contribution >= 0.6 is 0 Å². The number of hydrogen-bond acceptors (Lipinski definition) is 9. The molecule has 0 radical (unpaired) electrons. The standard InChI is InChI=1S/C29H37NO8/c1-18(2)7-5-10-29(33,16-24(31)35-4)27(32)38-26-23(34-3)15-28-9-6-11-30(28)12-8-19-13-21-22(37-17-36-21)14-20(19)25(26)28/h7,13-15,25-26,33H,5-6,8-12,16-17H2,1-4H3/t25-,26?,28+,29-/m1/s1. The van der Waals surface area contributed by atoms with E-state index in [1.165, 1.54) is 7.11 Å². The second kappa shape index (κ2) is 10.3. The van der Waals surface area contributed by atoms with E-state index in [1.54, 1.807) is 7.11 Å². The number of esters is 2. The fourth-order valence-electron chi connectivity index (χ4n) is 6.49. The van der Waals surface area contributed by atoms with Gasteiger partial charge in [0.25, 0.3) is 0 Å². The van der Waals surface area contributed by atoms with Crippen molar-refractivity contribution in [3.63, 3.8) is 0 Å². The van der Waals surface area contributed by atoms with Crippen LogP contribution in [0.15, 0.2) is 35.6 Å². The van der Waals surface area contributed by atoms with Gasteiger partial charge < -0.3 is 28.8 Å². The van der Waals surface area contributed by atoms with Crippen molar-refractivity contribution in [2.45, 2.75) is 75.5 Å². The second-order valence-corrected chi connectivity index (χ2v) is 10.9. The molecule has 4 aliphatic rings. The van der Waals surface area contributed by atoms with E-state index < -0.39 is 35.6 Å². The molecule has 3 aliphatic heterocycles. The molecule has 5 rings (SSSR count). The quantitative estimate of drug-likeness (QED) is 0.402. The van der Waals surface area contributed by atoms with Crippen molar-refractivity contribution < 1.29 is 38.4 Å². The van der Waals surface area contributed by atoms with Gasteiger partial charge in [0.15, 0.2) is 23.2 Å². The second-order valence-electron chi connectivity index (χ2n) is 10.9. The molecule has 1 saturated heterocycles.